The van der Waals surface area contributed by atoms with Gasteiger partial charge in [-0.25, -0.2) is 0 Å². The second-order valence-electron chi connectivity index (χ2n) is 4.17. The number of hydrogen-bond acceptors (Lipinski definition) is 5. The average molecular weight is 270 g/mol. The molecule has 0 aliphatic heterocycles. The SMILES string of the molecule is CCOc1ccc(-c2c(N)n[nH]c2-c2cn[nH]n2)cc1. The summed E-state index contributed by atoms with van der Waals surface area (Å²) in [6.45, 7) is 2.59. The van der Waals surface area contributed by atoms with Gasteiger partial charge in [-0.05, 0) is 24.6 Å². The molecule has 2 aromatic heterocycles. The van der Waals surface area contributed by atoms with E-state index in [4.69, 9.17) is 10.5 Å². The first-order valence-electron chi connectivity index (χ1n) is 6.22. The number of aromatic nitrogens is 5. The lowest BCUT2D eigenvalue weighted by Gasteiger charge is -2.05. The summed E-state index contributed by atoms with van der Waals surface area (Å²) in [6, 6.07) is 7.68. The van der Waals surface area contributed by atoms with Crippen LogP contribution in [-0.4, -0.2) is 32.2 Å². The van der Waals surface area contributed by atoms with Crippen molar-refractivity contribution in [3.63, 3.8) is 0 Å². The number of H-pyrrole nitrogens is 2. The van der Waals surface area contributed by atoms with Crippen LogP contribution < -0.4 is 10.5 Å². The second kappa shape index (κ2) is 5.04. The number of aromatic amines is 2. The molecule has 3 rings (SSSR count). The largest absolute Gasteiger partial charge is 0.494 e. The fourth-order valence-corrected chi connectivity index (χ4v) is 2.04. The van der Waals surface area contributed by atoms with Gasteiger partial charge >= 0.3 is 0 Å². The molecule has 0 bridgehead atoms. The molecule has 0 fully saturated rings. The van der Waals surface area contributed by atoms with Crippen molar-refractivity contribution in [2.75, 3.05) is 12.3 Å². The monoisotopic (exact) mass is 270 g/mol. The van der Waals surface area contributed by atoms with Crippen molar-refractivity contribution < 1.29 is 4.74 Å². The van der Waals surface area contributed by atoms with Gasteiger partial charge in [0, 0.05) is 0 Å². The Labute approximate surface area is 115 Å². The molecule has 0 saturated heterocycles. The van der Waals surface area contributed by atoms with E-state index in [0.717, 1.165) is 22.6 Å². The van der Waals surface area contributed by atoms with Crippen molar-refractivity contribution in [1.82, 2.24) is 25.6 Å². The van der Waals surface area contributed by atoms with Crippen LogP contribution in [0.15, 0.2) is 30.5 Å². The molecule has 4 N–H and O–H groups in total. The topological polar surface area (TPSA) is 105 Å². The lowest BCUT2D eigenvalue weighted by Crippen LogP contribution is -1.92. The lowest BCUT2D eigenvalue weighted by atomic mass is 10.0. The highest BCUT2D eigenvalue weighted by Gasteiger charge is 2.16. The smallest absolute Gasteiger partial charge is 0.153 e. The number of ether oxygens (including phenoxy) is 1. The molecule has 0 atom stereocenters. The van der Waals surface area contributed by atoms with Crippen molar-refractivity contribution in [3.05, 3.63) is 30.5 Å². The third-order valence-electron chi connectivity index (χ3n) is 2.92. The van der Waals surface area contributed by atoms with E-state index in [-0.39, 0.29) is 0 Å². The molecule has 2 heterocycles. The number of nitrogens with zero attached hydrogens (tertiary/aromatic N) is 3. The molecule has 0 spiro atoms. The first-order valence-corrected chi connectivity index (χ1v) is 6.22. The normalized spacial score (nSPS) is 10.7. The van der Waals surface area contributed by atoms with Crippen LogP contribution in [0.3, 0.4) is 0 Å². The molecule has 0 radical (unpaired) electrons. The molecule has 0 aliphatic carbocycles. The maximum atomic E-state index is 5.94. The summed E-state index contributed by atoms with van der Waals surface area (Å²) in [5.41, 5.74) is 9.10. The summed E-state index contributed by atoms with van der Waals surface area (Å²) in [7, 11) is 0. The van der Waals surface area contributed by atoms with Gasteiger partial charge in [0.05, 0.1) is 24.1 Å². The summed E-state index contributed by atoms with van der Waals surface area (Å²) < 4.78 is 5.43. The summed E-state index contributed by atoms with van der Waals surface area (Å²) in [5, 5.41) is 17.3. The van der Waals surface area contributed by atoms with Crippen LogP contribution in [0.1, 0.15) is 6.92 Å². The Morgan fingerprint density at radius 1 is 1.20 bits per heavy atom. The van der Waals surface area contributed by atoms with Gasteiger partial charge in [0.1, 0.15) is 11.4 Å². The zero-order valence-electron chi connectivity index (χ0n) is 10.9. The number of hydrogen-bond donors (Lipinski definition) is 3. The Hall–Kier alpha value is -2.83. The summed E-state index contributed by atoms with van der Waals surface area (Å²) in [5.74, 6) is 1.24. The molecular formula is C13H14N6O. The van der Waals surface area contributed by atoms with Crippen LogP contribution in [-0.2, 0) is 0 Å². The van der Waals surface area contributed by atoms with Gasteiger partial charge in [-0.15, -0.1) is 0 Å². The van der Waals surface area contributed by atoms with Gasteiger partial charge in [-0.1, -0.05) is 12.1 Å². The highest BCUT2D eigenvalue weighted by atomic mass is 16.5. The van der Waals surface area contributed by atoms with E-state index in [9.17, 15) is 0 Å². The number of rotatable bonds is 4. The van der Waals surface area contributed by atoms with E-state index in [2.05, 4.69) is 25.6 Å². The minimum absolute atomic E-state index is 0.423. The summed E-state index contributed by atoms with van der Waals surface area (Å²) in [4.78, 5) is 0. The Balaban J connectivity index is 2.03. The molecule has 102 valence electrons. The molecular weight excluding hydrogens is 256 g/mol. The zero-order chi connectivity index (χ0) is 13.9. The predicted octanol–water partition coefficient (Wildman–Crippen LogP) is 1.84. The maximum Gasteiger partial charge on any atom is 0.153 e. The van der Waals surface area contributed by atoms with E-state index in [1.54, 1.807) is 6.20 Å². The summed E-state index contributed by atoms with van der Waals surface area (Å²) in [6.07, 6.45) is 1.62. The van der Waals surface area contributed by atoms with Crippen LogP contribution >= 0.6 is 0 Å². The Kier molecular flexibility index (Phi) is 3.08. The van der Waals surface area contributed by atoms with Crippen LogP contribution in [0.2, 0.25) is 0 Å². The van der Waals surface area contributed by atoms with E-state index in [1.807, 2.05) is 31.2 Å². The number of nitrogens with one attached hydrogen (secondary N) is 2. The van der Waals surface area contributed by atoms with Gasteiger partial charge in [0.2, 0.25) is 0 Å². The van der Waals surface area contributed by atoms with Crippen molar-refractivity contribution in [3.8, 4) is 28.3 Å². The third-order valence-corrected chi connectivity index (χ3v) is 2.92. The fourth-order valence-electron chi connectivity index (χ4n) is 2.04. The number of nitrogens with two attached hydrogens (primary N) is 1. The Morgan fingerprint density at radius 3 is 2.65 bits per heavy atom. The fraction of sp³-hybridized carbons (Fsp3) is 0.154. The van der Waals surface area contributed by atoms with E-state index < -0.39 is 0 Å². The molecule has 0 unspecified atom stereocenters. The molecule has 7 nitrogen and oxygen atoms in total. The lowest BCUT2D eigenvalue weighted by molar-refractivity contribution is 0.340. The van der Waals surface area contributed by atoms with Crippen LogP contribution in [0.5, 0.6) is 5.75 Å². The first-order chi connectivity index (χ1) is 9.79. The standard InChI is InChI=1S/C13H14N6O/c1-2-20-9-5-3-8(4-6-9)11-12(17-18-13(11)14)10-7-15-19-16-10/h3-7H,2H2,1H3,(H3,14,17,18)(H,15,16,19). The van der Waals surface area contributed by atoms with Gasteiger partial charge in [0.15, 0.2) is 5.82 Å². The minimum Gasteiger partial charge on any atom is -0.494 e. The molecule has 20 heavy (non-hydrogen) atoms. The third kappa shape index (κ3) is 2.09. The molecule has 3 aromatic rings. The van der Waals surface area contributed by atoms with E-state index in [0.29, 0.717) is 18.1 Å². The van der Waals surface area contributed by atoms with Gasteiger partial charge in [0.25, 0.3) is 0 Å². The van der Waals surface area contributed by atoms with Crippen molar-refractivity contribution in [1.29, 1.82) is 0 Å². The molecule has 0 amide bonds. The highest BCUT2D eigenvalue weighted by Crippen LogP contribution is 2.34. The van der Waals surface area contributed by atoms with Crippen molar-refractivity contribution in [2.45, 2.75) is 6.92 Å². The van der Waals surface area contributed by atoms with E-state index in [1.165, 1.54) is 0 Å². The molecule has 0 aliphatic rings. The van der Waals surface area contributed by atoms with Crippen molar-refractivity contribution in [2.24, 2.45) is 0 Å². The van der Waals surface area contributed by atoms with Gasteiger partial charge in [-0.3, -0.25) is 5.10 Å². The Morgan fingerprint density at radius 2 is 2.00 bits per heavy atom. The van der Waals surface area contributed by atoms with Crippen LogP contribution in [0.25, 0.3) is 22.5 Å². The average Bonchev–Trinajstić information content (AvgIpc) is 3.09. The van der Waals surface area contributed by atoms with Crippen LogP contribution in [0.4, 0.5) is 5.82 Å². The van der Waals surface area contributed by atoms with Gasteiger partial charge < -0.3 is 10.5 Å². The molecule has 1 aromatic carbocycles. The highest BCUT2D eigenvalue weighted by molar-refractivity contribution is 5.86. The predicted molar refractivity (Wildman–Crippen MR) is 75.0 cm³/mol. The number of anilines is 1. The Bertz CT molecular complexity index is 686. The van der Waals surface area contributed by atoms with Crippen LogP contribution in [0, 0.1) is 0 Å². The zero-order valence-corrected chi connectivity index (χ0v) is 10.9. The maximum absolute atomic E-state index is 5.94. The quantitative estimate of drug-likeness (QED) is 0.670. The summed E-state index contributed by atoms with van der Waals surface area (Å²) >= 11 is 0. The van der Waals surface area contributed by atoms with Gasteiger partial charge in [-0.2, -0.15) is 20.5 Å². The number of nitrogen functional groups attached to an aromatic ring is 1. The first kappa shape index (κ1) is 12.2. The second-order valence-corrected chi connectivity index (χ2v) is 4.17. The number of benzene rings is 1. The van der Waals surface area contributed by atoms with E-state index >= 15 is 0 Å². The molecule has 0 saturated carbocycles. The minimum atomic E-state index is 0.423. The molecule has 7 heteroatoms. The van der Waals surface area contributed by atoms with Crippen molar-refractivity contribution >= 4 is 5.82 Å².